The van der Waals surface area contributed by atoms with E-state index in [4.69, 9.17) is 5.73 Å². The Bertz CT molecular complexity index is 596. The van der Waals surface area contributed by atoms with E-state index in [0.717, 1.165) is 29.8 Å². The fraction of sp³-hybridized carbons (Fsp3) is 0.429. The van der Waals surface area contributed by atoms with Crippen LogP contribution in [0.15, 0.2) is 24.5 Å². The van der Waals surface area contributed by atoms with Gasteiger partial charge in [0, 0.05) is 5.69 Å². The highest BCUT2D eigenvalue weighted by atomic mass is 16.2. The molecule has 0 unspecified atom stereocenters. The molecular formula is C14H20N6O. The number of aromatic nitrogens is 4. The minimum atomic E-state index is -0.468. The van der Waals surface area contributed by atoms with Gasteiger partial charge in [-0.1, -0.05) is 19.8 Å². The Morgan fingerprint density at radius 2 is 2.29 bits per heavy atom. The molecule has 0 saturated heterocycles. The number of anilines is 1. The molecule has 7 nitrogen and oxygen atoms in total. The van der Waals surface area contributed by atoms with Gasteiger partial charge in [0.25, 0.3) is 0 Å². The van der Waals surface area contributed by atoms with Crippen LogP contribution < -0.4 is 11.1 Å². The fourth-order valence-corrected chi connectivity index (χ4v) is 2.05. The van der Waals surface area contributed by atoms with Crippen molar-refractivity contribution in [3.05, 3.63) is 30.1 Å². The van der Waals surface area contributed by atoms with Gasteiger partial charge in [-0.05, 0) is 47.5 Å². The Hall–Kier alpha value is -2.28. The van der Waals surface area contributed by atoms with E-state index in [1.807, 2.05) is 25.1 Å². The number of carbonyl (C=O) groups is 1. The summed E-state index contributed by atoms with van der Waals surface area (Å²) in [5, 5.41) is 13.9. The van der Waals surface area contributed by atoms with Gasteiger partial charge >= 0.3 is 0 Å². The van der Waals surface area contributed by atoms with Crippen LogP contribution in [0, 0.1) is 6.92 Å². The number of nitrogens with zero attached hydrogens (tertiary/aromatic N) is 4. The maximum Gasteiger partial charge on any atom is 0.241 e. The first-order valence-electron chi connectivity index (χ1n) is 7.02. The SMILES string of the molecule is CCCC[C@H](N)C(=O)Nc1ccc(-n2cnnn2)c(C)c1. The number of hydrogen-bond donors (Lipinski definition) is 2. The summed E-state index contributed by atoms with van der Waals surface area (Å²) in [6.45, 7) is 4.01. The highest BCUT2D eigenvalue weighted by Gasteiger charge is 2.13. The van der Waals surface area contributed by atoms with Gasteiger partial charge in [0.05, 0.1) is 11.7 Å². The highest BCUT2D eigenvalue weighted by molar-refractivity contribution is 5.94. The van der Waals surface area contributed by atoms with Crippen molar-refractivity contribution in [2.75, 3.05) is 5.32 Å². The van der Waals surface area contributed by atoms with Crippen LogP contribution in [0.25, 0.3) is 5.69 Å². The minimum Gasteiger partial charge on any atom is -0.325 e. The third-order valence-corrected chi connectivity index (χ3v) is 3.27. The number of hydrogen-bond acceptors (Lipinski definition) is 5. The number of benzene rings is 1. The first kappa shape index (κ1) is 15.1. The van der Waals surface area contributed by atoms with Gasteiger partial charge in [-0.15, -0.1) is 5.10 Å². The van der Waals surface area contributed by atoms with Crippen molar-refractivity contribution in [1.29, 1.82) is 0 Å². The third-order valence-electron chi connectivity index (χ3n) is 3.27. The molecule has 0 bridgehead atoms. The Morgan fingerprint density at radius 1 is 1.48 bits per heavy atom. The van der Waals surface area contributed by atoms with E-state index in [2.05, 4.69) is 27.8 Å². The van der Waals surface area contributed by atoms with Gasteiger partial charge in [0.1, 0.15) is 6.33 Å². The van der Waals surface area contributed by atoms with Crippen LogP contribution in [-0.4, -0.2) is 32.2 Å². The van der Waals surface area contributed by atoms with Crippen LogP contribution in [0.4, 0.5) is 5.69 Å². The molecule has 0 spiro atoms. The summed E-state index contributed by atoms with van der Waals surface area (Å²) < 4.78 is 1.58. The quantitative estimate of drug-likeness (QED) is 0.837. The minimum absolute atomic E-state index is 0.155. The third kappa shape index (κ3) is 3.85. The van der Waals surface area contributed by atoms with E-state index in [9.17, 15) is 4.79 Å². The first-order chi connectivity index (χ1) is 10.1. The van der Waals surface area contributed by atoms with Crippen LogP contribution in [0.5, 0.6) is 0 Å². The molecule has 0 aliphatic rings. The Labute approximate surface area is 123 Å². The summed E-state index contributed by atoms with van der Waals surface area (Å²) in [6.07, 6.45) is 4.21. The van der Waals surface area contributed by atoms with Gasteiger partial charge in [0.2, 0.25) is 5.91 Å². The lowest BCUT2D eigenvalue weighted by Crippen LogP contribution is -2.35. The Kier molecular flexibility index (Phi) is 4.99. The number of tetrazole rings is 1. The van der Waals surface area contributed by atoms with Crippen LogP contribution >= 0.6 is 0 Å². The van der Waals surface area contributed by atoms with Crippen LogP contribution in [0.2, 0.25) is 0 Å². The van der Waals surface area contributed by atoms with E-state index in [-0.39, 0.29) is 5.91 Å². The summed E-state index contributed by atoms with van der Waals surface area (Å²) in [5.74, 6) is -0.155. The topological polar surface area (TPSA) is 98.7 Å². The van der Waals surface area contributed by atoms with E-state index >= 15 is 0 Å². The number of rotatable bonds is 6. The summed E-state index contributed by atoms with van der Waals surface area (Å²) in [4.78, 5) is 12.0. The van der Waals surface area contributed by atoms with Crippen molar-refractivity contribution < 1.29 is 4.79 Å². The van der Waals surface area contributed by atoms with Crippen molar-refractivity contribution in [3.63, 3.8) is 0 Å². The molecule has 1 atom stereocenters. The molecule has 0 radical (unpaired) electrons. The zero-order valence-electron chi connectivity index (χ0n) is 12.3. The van der Waals surface area contributed by atoms with Crippen LogP contribution in [0.1, 0.15) is 31.7 Å². The molecule has 0 fully saturated rings. The van der Waals surface area contributed by atoms with Crippen molar-refractivity contribution in [3.8, 4) is 5.69 Å². The number of nitrogens with one attached hydrogen (secondary N) is 1. The second-order valence-corrected chi connectivity index (χ2v) is 4.99. The monoisotopic (exact) mass is 288 g/mol. The first-order valence-corrected chi connectivity index (χ1v) is 7.02. The van der Waals surface area contributed by atoms with Gasteiger partial charge in [-0.3, -0.25) is 4.79 Å². The second-order valence-electron chi connectivity index (χ2n) is 4.99. The standard InChI is InChI=1S/C14H20N6O/c1-3-4-5-12(15)14(21)17-11-6-7-13(10(2)8-11)20-9-16-18-19-20/h6-9,12H,3-5,15H2,1-2H3,(H,17,21)/t12-/m0/s1. The van der Waals surface area contributed by atoms with Crippen LogP contribution in [-0.2, 0) is 4.79 Å². The zero-order valence-corrected chi connectivity index (χ0v) is 12.3. The normalized spacial score (nSPS) is 12.1. The number of amides is 1. The van der Waals surface area contributed by atoms with E-state index in [1.165, 1.54) is 6.33 Å². The Balaban J connectivity index is 2.05. The summed E-state index contributed by atoms with van der Waals surface area (Å²) in [6, 6.07) is 5.08. The molecule has 7 heteroatoms. The van der Waals surface area contributed by atoms with Gasteiger partial charge in [-0.25, -0.2) is 4.68 Å². The maximum atomic E-state index is 12.0. The lowest BCUT2D eigenvalue weighted by molar-refractivity contribution is -0.117. The summed E-state index contributed by atoms with van der Waals surface area (Å²) in [5.41, 5.74) is 8.41. The van der Waals surface area contributed by atoms with E-state index in [1.54, 1.807) is 4.68 Å². The largest absolute Gasteiger partial charge is 0.325 e. The maximum absolute atomic E-state index is 12.0. The van der Waals surface area contributed by atoms with Crippen LogP contribution in [0.3, 0.4) is 0 Å². The van der Waals surface area contributed by atoms with Crippen molar-refractivity contribution in [2.45, 2.75) is 39.2 Å². The molecule has 1 heterocycles. The molecule has 2 aromatic rings. The molecule has 2 rings (SSSR count). The average Bonchev–Trinajstić information content (AvgIpc) is 2.98. The number of aryl methyl sites for hydroxylation is 1. The second kappa shape index (κ2) is 6.94. The highest BCUT2D eigenvalue weighted by Crippen LogP contribution is 2.18. The van der Waals surface area contributed by atoms with Gasteiger partial charge in [0.15, 0.2) is 0 Å². The lowest BCUT2D eigenvalue weighted by Gasteiger charge is -2.13. The Morgan fingerprint density at radius 3 is 2.90 bits per heavy atom. The molecule has 0 aliphatic carbocycles. The molecule has 21 heavy (non-hydrogen) atoms. The van der Waals surface area contributed by atoms with E-state index in [0.29, 0.717) is 6.42 Å². The predicted octanol–water partition coefficient (Wildman–Crippen LogP) is 1.43. The molecule has 0 saturated carbocycles. The predicted molar refractivity (Wildman–Crippen MR) is 80.0 cm³/mol. The molecule has 112 valence electrons. The van der Waals surface area contributed by atoms with Gasteiger partial charge < -0.3 is 11.1 Å². The summed E-state index contributed by atoms with van der Waals surface area (Å²) >= 11 is 0. The van der Waals surface area contributed by atoms with E-state index < -0.39 is 6.04 Å². The fourth-order valence-electron chi connectivity index (χ4n) is 2.05. The molecule has 1 aromatic heterocycles. The average molecular weight is 288 g/mol. The molecule has 1 amide bonds. The van der Waals surface area contributed by atoms with Crippen molar-refractivity contribution >= 4 is 11.6 Å². The van der Waals surface area contributed by atoms with Gasteiger partial charge in [-0.2, -0.15) is 0 Å². The molecule has 3 N–H and O–H groups in total. The number of nitrogens with two attached hydrogens (primary N) is 1. The molecular weight excluding hydrogens is 268 g/mol. The number of carbonyl (C=O) groups excluding carboxylic acids is 1. The number of unbranched alkanes of at least 4 members (excludes halogenated alkanes) is 1. The van der Waals surface area contributed by atoms with Crippen molar-refractivity contribution in [1.82, 2.24) is 20.2 Å². The smallest absolute Gasteiger partial charge is 0.241 e. The summed E-state index contributed by atoms with van der Waals surface area (Å²) in [7, 11) is 0. The molecule has 0 aliphatic heterocycles. The molecule has 1 aromatic carbocycles. The zero-order chi connectivity index (χ0) is 15.2. The van der Waals surface area contributed by atoms with Crippen molar-refractivity contribution in [2.24, 2.45) is 5.73 Å². The lowest BCUT2D eigenvalue weighted by atomic mass is 10.1.